The first-order chi connectivity index (χ1) is 13.0. The summed E-state index contributed by atoms with van der Waals surface area (Å²) in [5.41, 5.74) is -1.02. The highest BCUT2D eigenvalue weighted by molar-refractivity contribution is 5.76. The van der Waals surface area contributed by atoms with Gasteiger partial charge in [-0.3, -0.25) is 9.59 Å². The van der Waals surface area contributed by atoms with Crippen LogP contribution in [0.3, 0.4) is 0 Å². The van der Waals surface area contributed by atoms with Crippen molar-refractivity contribution in [2.45, 2.75) is 76.0 Å². The molecule has 10 heteroatoms. The van der Waals surface area contributed by atoms with E-state index in [1.807, 2.05) is 13.8 Å². The molecule has 152 valence electrons. The van der Waals surface area contributed by atoms with E-state index in [0.29, 0.717) is 18.7 Å². The fourth-order valence-electron chi connectivity index (χ4n) is 3.75. The molecule has 0 aliphatic heterocycles. The summed E-state index contributed by atoms with van der Waals surface area (Å²) in [6.45, 7) is 5.11. The van der Waals surface area contributed by atoms with Crippen molar-refractivity contribution >= 4 is 11.4 Å². The van der Waals surface area contributed by atoms with E-state index in [0.717, 1.165) is 4.68 Å². The van der Waals surface area contributed by atoms with E-state index in [2.05, 4.69) is 15.5 Å². The lowest BCUT2D eigenvalue weighted by Crippen LogP contribution is -2.54. The summed E-state index contributed by atoms with van der Waals surface area (Å²) in [6, 6.07) is 1.24. The number of fused-ring (bicyclic) bond motifs is 1. The Hall–Kier alpha value is -2.36. The van der Waals surface area contributed by atoms with Crippen molar-refractivity contribution in [3.63, 3.8) is 0 Å². The minimum Gasteiger partial charge on any atom is -0.390 e. The summed E-state index contributed by atoms with van der Waals surface area (Å²) in [5.74, 6) is -3.86. The number of aliphatic hydroxyl groups is 1. The predicted octanol–water partition coefficient (Wildman–Crippen LogP) is 1.17. The monoisotopic (exact) mass is 395 g/mol. The summed E-state index contributed by atoms with van der Waals surface area (Å²) < 4.78 is 29.2. The molecule has 2 N–H and O–H groups in total. The molecule has 1 atom stereocenters. The second-order valence-electron chi connectivity index (χ2n) is 8.53. The number of carbonyl (C=O) groups is 1. The number of rotatable bonds is 5. The summed E-state index contributed by atoms with van der Waals surface area (Å²) in [5, 5.41) is 21.0. The average molecular weight is 395 g/mol. The lowest BCUT2D eigenvalue weighted by Gasteiger charge is -2.41. The smallest absolute Gasteiger partial charge is 0.293 e. The molecular weight excluding hydrogens is 372 g/mol. The van der Waals surface area contributed by atoms with Gasteiger partial charge in [0.25, 0.3) is 11.5 Å². The van der Waals surface area contributed by atoms with Gasteiger partial charge >= 0.3 is 0 Å². The Morgan fingerprint density at radius 3 is 2.54 bits per heavy atom. The van der Waals surface area contributed by atoms with Gasteiger partial charge in [0.05, 0.1) is 17.2 Å². The summed E-state index contributed by atoms with van der Waals surface area (Å²) >= 11 is 0. The van der Waals surface area contributed by atoms with E-state index < -0.39 is 23.0 Å². The van der Waals surface area contributed by atoms with Gasteiger partial charge in [-0.05, 0) is 25.8 Å². The van der Waals surface area contributed by atoms with Crippen LogP contribution in [0.1, 0.15) is 63.4 Å². The van der Waals surface area contributed by atoms with E-state index in [1.165, 1.54) is 10.6 Å². The molecule has 0 bridgehead atoms. The molecule has 0 spiro atoms. The molecule has 2 aromatic rings. The fourth-order valence-corrected chi connectivity index (χ4v) is 3.75. The fraction of sp³-hybridized carbons (Fsp3) is 0.667. The third kappa shape index (κ3) is 3.30. The summed E-state index contributed by atoms with van der Waals surface area (Å²) in [4.78, 5) is 25.1. The number of hydrogen-bond acceptors (Lipinski definition) is 5. The minimum absolute atomic E-state index is 0.133. The maximum absolute atomic E-state index is 13.4. The van der Waals surface area contributed by atoms with Crippen molar-refractivity contribution in [1.82, 2.24) is 24.7 Å². The molecule has 2 aliphatic carbocycles. The molecule has 28 heavy (non-hydrogen) atoms. The Kier molecular flexibility index (Phi) is 4.11. The van der Waals surface area contributed by atoms with E-state index in [4.69, 9.17) is 0 Å². The summed E-state index contributed by atoms with van der Waals surface area (Å²) in [7, 11) is 0. The highest BCUT2D eigenvalue weighted by atomic mass is 19.3. The number of aromatic nitrogens is 4. The van der Waals surface area contributed by atoms with Gasteiger partial charge in [-0.2, -0.15) is 10.2 Å². The minimum atomic E-state index is -2.79. The van der Waals surface area contributed by atoms with Crippen LogP contribution >= 0.6 is 0 Å². The van der Waals surface area contributed by atoms with Crippen molar-refractivity contribution in [3.05, 3.63) is 27.9 Å². The standard InChI is InChI=1S/C18H23F2N5O3/c1-9(2)15-23-24(8-14(26)21-10-5-17(3,28)6-10)16(27)13-4-12(22-25(13)15)11-7-18(11,19)20/h4,9-11,28H,5-8H2,1-3H3,(H,21,26). The zero-order valence-electron chi connectivity index (χ0n) is 15.9. The molecule has 2 aromatic heterocycles. The summed E-state index contributed by atoms with van der Waals surface area (Å²) in [6.07, 6.45) is 0.640. The van der Waals surface area contributed by atoms with Gasteiger partial charge in [0, 0.05) is 18.4 Å². The Labute approximate surface area is 159 Å². The van der Waals surface area contributed by atoms with Gasteiger partial charge in [0.15, 0.2) is 5.82 Å². The lowest BCUT2D eigenvalue weighted by molar-refractivity contribution is -0.125. The number of nitrogens with one attached hydrogen (secondary N) is 1. The second kappa shape index (κ2) is 6.07. The topological polar surface area (TPSA) is 102 Å². The third-order valence-corrected chi connectivity index (χ3v) is 5.35. The van der Waals surface area contributed by atoms with Crippen molar-refractivity contribution in [1.29, 1.82) is 0 Å². The molecular formula is C18H23F2N5O3. The van der Waals surface area contributed by atoms with E-state index >= 15 is 0 Å². The van der Waals surface area contributed by atoms with E-state index in [-0.39, 0.29) is 42.0 Å². The Bertz CT molecular complexity index is 1000. The number of hydrogen-bond donors (Lipinski definition) is 2. The van der Waals surface area contributed by atoms with E-state index in [9.17, 15) is 23.5 Å². The van der Waals surface area contributed by atoms with Crippen LogP contribution in [-0.2, 0) is 11.3 Å². The highest BCUT2D eigenvalue weighted by Crippen LogP contribution is 2.55. The highest BCUT2D eigenvalue weighted by Gasteiger charge is 2.59. The molecule has 8 nitrogen and oxygen atoms in total. The number of alkyl halides is 2. The maximum atomic E-state index is 13.4. The quantitative estimate of drug-likeness (QED) is 0.791. The molecule has 0 saturated heterocycles. The number of nitrogens with zero attached hydrogens (tertiary/aromatic N) is 4. The number of halogens is 2. The Morgan fingerprint density at radius 2 is 2.00 bits per heavy atom. The van der Waals surface area contributed by atoms with Crippen LogP contribution in [0, 0.1) is 0 Å². The molecule has 2 fully saturated rings. The number of carbonyl (C=O) groups excluding carboxylic acids is 1. The third-order valence-electron chi connectivity index (χ3n) is 5.35. The van der Waals surface area contributed by atoms with Crippen LogP contribution in [0.15, 0.2) is 10.9 Å². The number of amides is 1. The van der Waals surface area contributed by atoms with Gasteiger partial charge in [0.1, 0.15) is 12.1 Å². The van der Waals surface area contributed by atoms with Crippen LogP contribution < -0.4 is 10.9 Å². The van der Waals surface area contributed by atoms with E-state index in [1.54, 1.807) is 6.92 Å². The predicted molar refractivity (Wildman–Crippen MR) is 95.4 cm³/mol. The van der Waals surface area contributed by atoms with Crippen molar-refractivity contribution in [2.75, 3.05) is 0 Å². The van der Waals surface area contributed by atoms with Gasteiger partial charge < -0.3 is 10.4 Å². The van der Waals surface area contributed by atoms with Gasteiger partial charge in [-0.25, -0.2) is 18.0 Å². The van der Waals surface area contributed by atoms with Crippen molar-refractivity contribution in [2.24, 2.45) is 0 Å². The maximum Gasteiger partial charge on any atom is 0.293 e. The first-order valence-corrected chi connectivity index (χ1v) is 9.37. The molecule has 2 saturated carbocycles. The lowest BCUT2D eigenvalue weighted by atomic mass is 9.77. The van der Waals surface area contributed by atoms with Crippen LogP contribution in [0.25, 0.3) is 5.52 Å². The largest absolute Gasteiger partial charge is 0.390 e. The second-order valence-corrected chi connectivity index (χ2v) is 8.53. The van der Waals surface area contributed by atoms with Crippen LogP contribution in [0.5, 0.6) is 0 Å². The normalized spacial score (nSPS) is 28.4. The van der Waals surface area contributed by atoms with Crippen LogP contribution in [-0.4, -0.2) is 48.0 Å². The zero-order chi connectivity index (χ0) is 20.4. The molecule has 2 aliphatic rings. The van der Waals surface area contributed by atoms with Gasteiger partial charge in [-0.15, -0.1) is 0 Å². The van der Waals surface area contributed by atoms with Crippen molar-refractivity contribution < 1.29 is 18.7 Å². The van der Waals surface area contributed by atoms with Crippen molar-refractivity contribution in [3.8, 4) is 0 Å². The molecule has 0 radical (unpaired) electrons. The first-order valence-electron chi connectivity index (χ1n) is 9.37. The van der Waals surface area contributed by atoms with Crippen LogP contribution in [0.4, 0.5) is 8.78 Å². The average Bonchev–Trinajstić information content (AvgIpc) is 2.99. The SMILES string of the molecule is CC(C)c1nn(CC(=O)NC2CC(C)(O)C2)c(=O)c2cc(C3CC3(F)F)nn12. The molecule has 2 heterocycles. The molecule has 4 rings (SSSR count). The Balaban J connectivity index is 1.62. The van der Waals surface area contributed by atoms with Gasteiger partial charge in [0.2, 0.25) is 5.91 Å². The van der Waals surface area contributed by atoms with Gasteiger partial charge in [-0.1, -0.05) is 13.8 Å². The molecule has 0 aromatic carbocycles. The van der Waals surface area contributed by atoms with Crippen LogP contribution in [0.2, 0.25) is 0 Å². The molecule has 1 unspecified atom stereocenters. The first kappa shape index (κ1) is 19.0. The zero-order valence-corrected chi connectivity index (χ0v) is 15.9. The Morgan fingerprint density at radius 1 is 1.36 bits per heavy atom. The molecule has 1 amide bonds.